The Hall–Kier alpha value is -1.04. The third-order valence-electron chi connectivity index (χ3n) is 0.861. The summed E-state index contributed by atoms with van der Waals surface area (Å²) in [6.07, 6.45) is 0.248. The van der Waals surface area contributed by atoms with Crippen LogP contribution in [0.5, 0.6) is 0 Å². The molecule has 0 aliphatic heterocycles. The van der Waals surface area contributed by atoms with Gasteiger partial charge in [-0.25, -0.2) is 0 Å². The van der Waals surface area contributed by atoms with Gasteiger partial charge in [0.25, 0.3) is 0 Å². The third kappa shape index (κ3) is 3.90. The molecule has 0 spiro atoms. The van der Waals surface area contributed by atoms with Gasteiger partial charge in [-0.05, 0) is 6.92 Å². The van der Waals surface area contributed by atoms with Crippen LogP contribution in [0.3, 0.4) is 0 Å². The van der Waals surface area contributed by atoms with Crippen LogP contribution in [-0.2, 0) is 9.53 Å². The SMILES string of the molecule is [CH2]C(C)C(=O)OCCC#N. The minimum absolute atomic E-state index is 0.176. The van der Waals surface area contributed by atoms with E-state index in [-0.39, 0.29) is 24.9 Å². The van der Waals surface area contributed by atoms with E-state index in [0.29, 0.717) is 0 Å². The van der Waals surface area contributed by atoms with E-state index in [2.05, 4.69) is 11.7 Å². The molecule has 0 aromatic heterocycles. The van der Waals surface area contributed by atoms with Crippen molar-refractivity contribution in [1.82, 2.24) is 0 Å². The van der Waals surface area contributed by atoms with Crippen LogP contribution in [0, 0.1) is 24.2 Å². The van der Waals surface area contributed by atoms with Crippen molar-refractivity contribution < 1.29 is 9.53 Å². The molecule has 0 rings (SSSR count). The molecule has 10 heavy (non-hydrogen) atoms. The Bertz CT molecular complexity index is 146. The van der Waals surface area contributed by atoms with Gasteiger partial charge < -0.3 is 4.74 Å². The van der Waals surface area contributed by atoms with Crippen molar-refractivity contribution in [1.29, 1.82) is 5.26 Å². The first-order valence-corrected chi connectivity index (χ1v) is 3.05. The number of hydrogen-bond donors (Lipinski definition) is 0. The van der Waals surface area contributed by atoms with E-state index < -0.39 is 0 Å². The predicted octanol–water partition coefficient (Wildman–Crippen LogP) is 0.913. The molecule has 0 bridgehead atoms. The van der Waals surface area contributed by atoms with Crippen molar-refractivity contribution in [2.24, 2.45) is 5.92 Å². The van der Waals surface area contributed by atoms with Crippen molar-refractivity contribution >= 4 is 5.97 Å². The molecule has 1 unspecified atom stereocenters. The molecule has 0 N–H and O–H groups in total. The van der Waals surface area contributed by atoms with Gasteiger partial charge in [0.05, 0.1) is 18.4 Å². The van der Waals surface area contributed by atoms with Crippen LogP contribution in [0.1, 0.15) is 13.3 Å². The fourth-order valence-corrected chi connectivity index (χ4v) is 0.340. The molecule has 0 aliphatic rings. The maximum atomic E-state index is 10.6. The molecule has 0 amide bonds. The van der Waals surface area contributed by atoms with Crippen LogP contribution in [0.15, 0.2) is 0 Å². The van der Waals surface area contributed by atoms with Crippen LogP contribution in [0.25, 0.3) is 0 Å². The molecule has 0 fully saturated rings. The second-order valence-electron chi connectivity index (χ2n) is 1.98. The van der Waals surface area contributed by atoms with E-state index in [1.54, 1.807) is 6.92 Å². The second kappa shape index (κ2) is 4.80. The topological polar surface area (TPSA) is 50.1 Å². The average molecular weight is 140 g/mol. The van der Waals surface area contributed by atoms with Gasteiger partial charge in [-0.3, -0.25) is 4.79 Å². The lowest BCUT2D eigenvalue weighted by Gasteiger charge is -2.03. The molecule has 3 nitrogen and oxygen atoms in total. The predicted molar refractivity (Wildman–Crippen MR) is 35.7 cm³/mol. The number of rotatable bonds is 3. The van der Waals surface area contributed by atoms with Gasteiger partial charge >= 0.3 is 5.97 Å². The summed E-state index contributed by atoms with van der Waals surface area (Å²) in [7, 11) is 0. The summed E-state index contributed by atoms with van der Waals surface area (Å²) >= 11 is 0. The maximum absolute atomic E-state index is 10.6. The highest BCUT2D eigenvalue weighted by Gasteiger charge is 2.06. The van der Waals surface area contributed by atoms with Crippen molar-refractivity contribution in [2.45, 2.75) is 13.3 Å². The summed E-state index contributed by atoms with van der Waals surface area (Å²) < 4.78 is 4.62. The first kappa shape index (κ1) is 8.96. The zero-order valence-corrected chi connectivity index (χ0v) is 5.96. The van der Waals surface area contributed by atoms with Gasteiger partial charge in [-0.1, -0.05) is 6.92 Å². The molecule has 0 saturated heterocycles. The lowest BCUT2D eigenvalue weighted by atomic mass is 10.2. The fraction of sp³-hybridized carbons (Fsp3) is 0.571. The molecular formula is C7H10NO2. The van der Waals surface area contributed by atoms with Crippen molar-refractivity contribution in [3.05, 3.63) is 6.92 Å². The van der Waals surface area contributed by atoms with Crippen LogP contribution in [0.4, 0.5) is 0 Å². The minimum atomic E-state index is -0.352. The number of nitrogens with zero attached hydrogens (tertiary/aromatic N) is 1. The van der Waals surface area contributed by atoms with Gasteiger partial charge in [0, 0.05) is 0 Å². The summed E-state index contributed by atoms with van der Waals surface area (Å²) in [6, 6.07) is 1.86. The van der Waals surface area contributed by atoms with Gasteiger partial charge in [-0.2, -0.15) is 5.26 Å². The third-order valence-corrected chi connectivity index (χ3v) is 0.861. The molecule has 0 heterocycles. The zero-order chi connectivity index (χ0) is 7.98. The van der Waals surface area contributed by atoms with E-state index >= 15 is 0 Å². The molecule has 0 aromatic carbocycles. The Morgan fingerprint density at radius 1 is 1.90 bits per heavy atom. The second-order valence-corrected chi connectivity index (χ2v) is 1.98. The van der Waals surface area contributed by atoms with E-state index in [1.165, 1.54) is 0 Å². The monoisotopic (exact) mass is 140 g/mol. The minimum Gasteiger partial charge on any atom is -0.464 e. The Balaban J connectivity index is 3.33. The smallest absolute Gasteiger partial charge is 0.308 e. The normalized spacial score (nSPS) is 9.00. The number of hydrogen-bond acceptors (Lipinski definition) is 3. The zero-order valence-electron chi connectivity index (χ0n) is 5.96. The lowest BCUT2D eigenvalue weighted by molar-refractivity contribution is -0.146. The van der Waals surface area contributed by atoms with Crippen molar-refractivity contribution in [3.63, 3.8) is 0 Å². The Kier molecular flexibility index (Phi) is 4.30. The number of esters is 1. The number of ether oxygens (including phenoxy) is 1. The van der Waals surface area contributed by atoms with Gasteiger partial charge in [0.1, 0.15) is 6.61 Å². The molecular weight excluding hydrogens is 130 g/mol. The Morgan fingerprint density at radius 2 is 2.50 bits per heavy atom. The summed E-state index contributed by atoms with van der Waals surface area (Å²) in [5, 5.41) is 8.06. The highest BCUT2D eigenvalue weighted by molar-refractivity contribution is 5.72. The highest BCUT2D eigenvalue weighted by Crippen LogP contribution is 1.94. The van der Waals surface area contributed by atoms with E-state index in [4.69, 9.17) is 5.26 Å². The number of nitriles is 1. The van der Waals surface area contributed by atoms with Crippen LogP contribution < -0.4 is 0 Å². The van der Waals surface area contributed by atoms with Crippen molar-refractivity contribution in [3.8, 4) is 6.07 Å². The maximum Gasteiger partial charge on any atom is 0.308 e. The fourth-order valence-electron chi connectivity index (χ4n) is 0.340. The Labute approximate surface area is 60.6 Å². The quantitative estimate of drug-likeness (QED) is 0.432. The molecule has 55 valence electrons. The van der Waals surface area contributed by atoms with Gasteiger partial charge in [0.2, 0.25) is 0 Å². The summed E-state index contributed by atoms with van der Waals surface area (Å²) in [5.74, 6) is -0.700. The molecule has 0 saturated carbocycles. The molecule has 1 atom stereocenters. The standard InChI is InChI=1S/C7H10NO2/c1-6(2)7(9)10-5-3-4-8/h6H,1,3,5H2,2H3. The van der Waals surface area contributed by atoms with Crippen molar-refractivity contribution in [2.75, 3.05) is 6.61 Å². The summed E-state index contributed by atoms with van der Waals surface area (Å²) in [4.78, 5) is 10.6. The number of carbonyl (C=O) groups is 1. The van der Waals surface area contributed by atoms with Crippen LogP contribution in [-0.4, -0.2) is 12.6 Å². The van der Waals surface area contributed by atoms with Gasteiger partial charge in [0.15, 0.2) is 0 Å². The lowest BCUT2D eigenvalue weighted by Crippen LogP contribution is -2.12. The average Bonchev–Trinajstić information content (AvgIpc) is 1.88. The van der Waals surface area contributed by atoms with Crippen LogP contribution >= 0.6 is 0 Å². The molecule has 0 aromatic rings. The molecule has 1 radical (unpaired) electrons. The summed E-state index contributed by atoms with van der Waals surface area (Å²) in [6.45, 7) is 5.28. The molecule has 3 heteroatoms. The summed E-state index contributed by atoms with van der Waals surface area (Å²) in [5.41, 5.74) is 0. The van der Waals surface area contributed by atoms with E-state index in [9.17, 15) is 4.79 Å². The van der Waals surface area contributed by atoms with Crippen LogP contribution in [0.2, 0.25) is 0 Å². The Morgan fingerprint density at radius 3 is 2.90 bits per heavy atom. The highest BCUT2D eigenvalue weighted by atomic mass is 16.5. The first-order valence-electron chi connectivity index (χ1n) is 3.05. The van der Waals surface area contributed by atoms with Gasteiger partial charge in [-0.15, -0.1) is 0 Å². The first-order chi connectivity index (χ1) is 4.68. The largest absolute Gasteiger partial charge is 0.464 e. The molecule has 0 aliphatic carbocycles. The van der Waals surface area contributed by atoms with E-state index in [0.717, 1.165) is 0 Å². The van der Waals surface area contributed by atoms with E-state index in [1.807, 2.05) is 6.07 Å². The number of carbonyl (C=O) groups excluding carboxylic acids is 1.